The lowest BCUT2D eigenvalue weighted by atomic mass is 10.1. The molecule has 0 aliphatic carbocycles. The van der Waals surface area contributed by atoms with Gasteiger partial charge in [-0.3, -0.25) is 0 Å². The van der Waals surface area contributed by atoms with Gasteiger partial charge in [-0.25, -0.2) is 0 Å². The van der Waals surface area contributed by atoms with Gasteiger partial charge in [-0.2, -0.15) is 0 Å². The fourth-order valence-corrected chi connectivity index (χ4v) is 2.30. The van der Waals surface area contributed by atoms with Crippen molar-refractivity contribution in [3.8, 4) is 11.5 Å². The van der Waals surface area contributed by atoms with E-state index in [9.17, 15) is 5.11 Å². The Balaban J connectivity index is 1.95. The Labute approximate surface area is 112 Å². The van der Waals surface area contributed by atoms with Crippen LogP contribution >= 0.6 is 15.9 Å². The molecule has 5 heteroatoms. The van der Waals surface area contributed by atoms with Crippen molar-refractivity contribution < 1.29 is 19.0 Å². The lowest BCUT2D eigenvalue weighted by Gasteiger charge is -2.19. The summed E-state index contributed by atoms with van der Waals surface area (Å²) in [7, 11) is 0. The number of hydrogen-bond acceptors (Lipinski definition) is 4. The van der Waals surface area contributed by atoms with E-state index in [1.54, 1.807) is 24.3 Å². The Morgan fingerprint density at radius 2 is 1.89 bits per heavy atom. The predicted octanol–water partition coefficient (Wildman–Crippen LogP) is 2.90. The zero-order chi connectivity index (χ0) is 12.5. The number of furan rings is 1. The molecule has 2 aromatic rings. The highest BCUT2D eigenvalue weighted by Crippen LogP contribution is 2.36. The highest BCUT2D eigenvalue weighted by molar-refractivity contribution is 9.10. The summed E-state index contributed by atoms with van der Waals surface area (Å²) in [6, 6.07) is 7.11. The maximum atomic E-state index is 10.2. The molecular formula is C13H11BrO4. The summed E-state index contributed by atoms with van der Waals surface area (Å²) < 4.78 is 16.9. The van der Waals surface area contributed by atoms with Gasteiger partial charge in [0.05, 0.1) is 10.7 Å². The normalized spacial score (nSPS) is 15.4. The quantitative estimate of drug-likeness (QED) is 0.926. The molecule has 0 saturated heterocycles. The molecule has 1 aliphatic rings. The third-order valence-corrected chi connectivity index (χ3v) is 3.43. The SMILES string of the molecule is OC(c1ccc2c(c1)OCCO2)c1occc1Br. The highest BCUT2D eigenvalue weighted by Gasteiger charge is 2.20. The second-order valence-electron chi connectivity index (χ2n) is 3.94. The molecule has 0 fully saturated rings. The topological polar surface area (TPSA) is 51.8 Å². The first-order chi connectivity index (χ1) is 8.75. The number of hydrogen-bond donors (Lipinski definition) is 1. The third kappa shape index (κ3) is 2.00. The fraction of sp³-hybridized carbons (Fsp3) is 0.231. The van der Waals surface area contributed by atoms with E-state index in [0.717, 1.165) is 4.47 Å². The van der Waals surface area contributed by atoms with Crippen LogP contribution in [0.4, 0.5) is 0 Å². The van der Waals surface area contributed by atoms with Crippen LogP contribution in [0.1, 0.15) is 17.4 Å². The van der Waals surface area contributed by atoms with Crippen LogP contribution in [0.5, 0.6) is 11.5 Å². The molecular weight excluding hydrogens is 300 g/mol. The molecule has 1 aliphatic heterocycles. The minimum atomic E-state index is -0.829. The van der Waals surface area contributed by atoms with Gasteiger partial charge in [0, 0.05) is 0 Å². The van der Waals surface area contributed by atoms with E-state index in [-0.39, 0.29) is 0 Å². The number of halogens is 1. The molecule has 2 heterocycles. The van der Waals surface area contributed by atoms with Crippen LogP contribution in [0.15, 0.2) is 39.4 Å². The average Bonchev–Trinajstić information content (AvgIpc) is 2.83. The van der Waals surface area contributed by atoms with Crippen LogP contribution in [-0.4, -0.2) is 18.3 Å². The molecule has 1 unspecified atom stereocenters. The fourth-order valence-electron chi connectivity index (χ4n) is 1.88. The van der Waals surface area contributed by atoms with Crippen molar-refractivity contribution >= 4 is 15.9 Å². The van der Waals surface area contributed by atoms with Gasteiger partial charge in [-0.1, -0.05) is 6.07 Å². The maximum absolute atomic E-state index is 10.2. The Hall–Kier alpha value is -1.46. The lowest BCUT2D eigenvalue weighted by Crippen LogP contribution is -2.15. The van der Waals surface area contributed by atoms with Crippen molar-refractivity contribution in [3.05, 3.63) is 46.3 Å². The van der Waals surface area contributed by atoms with Crippen molar-refractivity contribution in [2.24, 2.45) is 0 Å². The molecule has 0 bridgehead atoms. The van der Waals surface area contributed by atoms with Crippen LogP contribution in [0.3, 0.4) is 0 Å². The van der Waals surface area contributed by atoms with Crippen LogP contribution in [0.2, 0.25) is 0 Å². The third-order valence-electron chi connectivity index (χ3n) is 2.78. The second-order valence-corrected chi connectivity index (χ2v) is 4.79. The van der Waals surface area contributed by atoms with Crippen molar-refractivity contribution in [2.45, 2.75) is 6.10 Å². The Morgan fingerprint density at radius 1 is 1.11 bits per heavy atom. The molecule has 1 aromatic carbocycles. The van der Waals surface area contributed by atoms with E-state index in [1.165, 1.54) is 6.26 Å². The van der Waals surface area contributed by atoms with Gasteiger partial charge >= 0.3 is 0 Å². The molecule has 18 heavy (non-hydrogen) atoms. The summed E-state index contributed by atoms with van der Waals surface area (Å²) in [5, 5.41) is 10.2. The summed E-state index contributed by atoms with van der Waals surface area (Å²) in [6.45, 7) is 1.08. The number of fused-ring (bicyclic) bond motifs is 1. The summed E-state index contributed by atoms with van der Waals surface area (Å²) in [5.74, 6) is 1.84. The number of aliphatic hydroxyl groups is 1. The number of benzene rings is 1. The minimum Gasteiger partial charge on any atom is -0.486 e. The molecule has 4 nitrogen and oxygen atoms in total. The van der Waals surface area contributed by atoms with E-state index in [0.29, 0.717) is 36.0 Å². The number of aliphatic hydroxyl groups excluding tert-OH is 1. The van der Waals surface area contributed by atoms with E-state index < -0.39 is 6.10 Å². The summed E-state index contributed by atoms with van der Waals surface area (Å²) in [5.41, 5.74) is 0.704. The Morgan fingerprint density at radius 3 is 2.61 bits per heavy atom. The van der Waals surface area contributed by atoms with Gasteiger partial charge in [0.1, 0.15) is 19.3 Å². The predicted molar refractivity (Wildman–Crippen MR) is 67.9 cm³/mol. The van der Waals surface area contributed by atoms with Crippen molar-refractivity contribution in [2.75, 3.05) is 13.2 Å². The Bertz CT molecular complexity index is 564. The summed E-state index contributed by atoms with van der Waals surface area (Å²) >= 11 is 3.33. The average molecular weight is 311 g/mol. The van der Waals surface area contributed by atoms with Crippen LogP contribution in [0, 0.1) is 0 Å². The standard InChI is InChI=1S/C13H11BrO4/c14-9-3-4-18-13(9)12(15)8-1-2-10-11(7-8)17-6-5-16-10/h1-4,7,12,15H,5-6H2. The zero-order valence-corrected chi connectivity index (χ0v) is 11.0. The molecule has 1 aromatic heterocycles. The van der Waals surface area contributed by atoms with Crippen LogP contribution in [-0.2, 0) is 0 Å². The number of ether oxygens (including phenoxy) is 2. The molecule has 94 valence electrons. The molecule has 0 spiro atoms. The first-order valence-electron chi connectivity index (χ1n) is 5.56. The van der Waals surface area contributed by atoms with Crippen molar-refractivity contribution in [1.82, 2.24) is 0 Å². The smallest absolute Gasteiger partial charge is 0.161 e. The minimum absolute atomic E-state index is 0.478. The van der Waals surface area contributed by atoms with Crippen LogP contribution < -0.4 is 9.47 Å². The summed E-state index contributed by atoms with van der Waals surface area (Å²) in [4.78, 5) is 0. The number of rotatable bonds is 2. The molecule has 0 radical (unpaired) electrons. The van der Waals surface area contributed by atoms with Gasteiger partial charge < -0.3 is 19.0 Å². The molecule has 1 atom stereocenters. The largest absolute Gasteiger partial charge is 0.486 e. The van der Waals surface area contributed by atoms with Gasteiger partial charge in [0.2, 0.25) is 0 Å². The Kier molecular flexibility index (Phi) is 3.01. The van der Waals surface area contributed by atoms with Gasteiger partial charge in [-0.05, 0) is 39.7 Å². The first-order valence-corrected chi connectivity index (χ1v) is 6.35. The van der Waals surface area contributed by atoms with Crippen LogP contribution in [0.25, 0.3) is 0 Å². The van der Waals surface area contributed by atoms with Crippen molar-refractivity contribution in [3.63, 3.8) is 0 Å². The van der Waals surface area contributed by atoms with Gasteiger partial charge in [-0.15, -0.1) is 0 Å². The molecule has 0 saturated carbocycles. The lowest BCUT2D eigenvalue weighted by molar-refractivity contribution is 0.167. The molecule has 3 rings (SSSR count). The van der Waals surface area contributed by atoms with Gasteiger partial charge in [0.25, 0.3) is 0 Å². The maximum Gasteiger partial charge on any atom is 0.161 e. The van der Waals surface area contributed by atoms with E-state index >= 15 is 0 Å². The van der Waals surface area contributed by atoms with Crippen molar-refractivity contribution in [1.29, 1.82) is 0 Å². The van der Waals surface area contributed by atoms with E-state index in [4.69, 9.17) is 13.9 Å². The van der Waals surface area contributed by atoms with E-state index in [1.807, 2.05) is 0 Å². The molecule has 0 amide bonds. The zero-order valence-electron chi connectivity index (χ0n) is 9.43. The molecule has 1 N–H and O–H groups in total. The second kappa shape index (κ2) is 4.66. The first kappa shape index (κ1) is 11.6. The highest BCUT2D eigenvalue weighted by atomic mass is 79.9. The monoisotopic (exact) mass is 310 g/mol. The van der Waals surface area contributed by atoms with Gasteiger partial charge in [0.15, 0.2) is 17.3 Å². The summed E-state index contributed by atoms with van der Waals surface area (Å²) in [6.07, 6.45) is 0.700. The van der Waals surface area contributed by atoms with E-state index in [2.05, 4.69) is 15.9 Å².